The fourth-order valence-electron chi connectivity index (χ4n) is 1.02. The number of hydrogen-bond donors (Lipinski definition) is 1. The molecule has 0 aliphatic heterocycles. The van der Waals surface area contributed by atoms with E-state index in [4.69, 9.17) is 0 Å². The summed E-state index contributed by atoms with van der Waals surface area (Å²) in [6, 6.07) is 0. The molecule has 0 aromatic carbocycles. The van der Waals surface area contributed by atoms with Crippen LogP contribution in [0.5, 0.6) is 0 Å². The normalized spacial score (nSPS) is 12.2. The van der Waals surface area contributed by atoms with Crippen LogP contribution in [0.3, 0.4) is 0 Å². The molecule has 13 heavy (non-hydrogen) atoms. The van der Waals surface area contributed by atoms with E-state index in [1.54, 1.807) is 0 Å². The number of allylic oxidation sites excluding steroid dienone is 1. The zero-order valence-electron chi connectivity index (χ0n) is 8.38. The largest absolute Gasteiger partial charge is 0.469 e. The van der Waals surface area contributed by atoms with Gasteiger partial charge in [-0.25, -0.2) is 0 Å². The summed E-state index contributed by atoms with van der Waals surface area (Å²) < 4.78 is 4.43. The maximum Gasteiger partial charge on any atom is 0.308 e. The molecule has 0 spiro atoms. The van der Waals surface area contributed by atoms with Crippen molar-refractivity contribution in [2.75, 3.05) is 7.11 Å². The zero-order valence-corrected chi connectivity index (χ0v) is 8.38. The van der Waals surface area contributed by atoms with Gasteiger partial charge in [-0.15, -0.1) is 6.58 Å². The summed E-state index contributed by atoms with van der Waals surface area (Å²) >= 11 is 0. The van der Waals surface area contributed by atoms with Crippen LogP contribution < -0.4 is 0 Å². The first-order valence-electron chi connectivity index (χ1n) is 4.45. The molecule has 1 atom stereocenters. The first kappa shape index (κ1) is 12.2. The Bertz CT molecular complexity index is 175. The molecule has 76 valence electrons. The number of esters is 1. The average molecular weight is 186 g/mol. The molecule has 0 aromatic rings. The molecular formula is C10H18O3. The number of aliphatic hydroxyl groups is 1. The fraction of sp³-hybridized carbons (Fsp3) is 0.700. The topological polar surface area (TPSA) is 46.5 Å². The summed E-state index contributed by atoms with van der Waals surface area (Å²) in [5.41, 5.74) is 1.10. The lowest BCUT2D eigenvalue weighted by atomic mass is 10.1. The Morgan fingerprint density at radius 3 is 2.69 bits per heavy atom. The van der Waals surface area contributed by atoms with E-state index in [0.29, 0.717) is 6.42 Å². The third-order valence-electron chi connectivity index (χ3n) is 1.77. The first-order chi connectivity index (χ1) is 6.06. The van der Waals surface area contributed by atoms with Gasteiger partial charge < -0.3 is 9.84 Å². The van der Waals surface area contributed by atoms with Crippen LogP contribution >= 0.6 is 0 Å². The summed E-state index contributed by atoms with van der Waals surface area (Å²) in [5, 5.41) is 9.33. The number of aliphatic hydroxyl groups excluding tert-OH is 1. The van der Waals surface area contributed by atoms with E-state index in [0.717, 1.165) is 18.4 Å². The monoisotopic (exact) mass is 186 g/mol. The highest BCUT2D eigenvalue weighted by Gasteiger charge is 2.09. The number of rotatable bonds is 6. The van der Waals surface area contributed by atoms with E-state index in [9.17, 15) is 9.90 Å². The van der Waals surface area contributed by atoms with Crippen molar-refractivity contribution in [2.45, 2.75) is 38.7 Å². The minimum Gasteiger partial charge on any atom is -0.469 e. The van der Waals surface area contributed by atoms with Crippen molar-refractivity contribution >= 4 is 5.97 Å². The van der Waals surface area contributed by atoms with E-state index in [-0.39, 0.29) is 12.4 Å². The van der Waals surface area contributed by atoms with Gasteiger partial charge in [0.25, 0.3) is 0 Å². The standard InChI is InChI=1S/C10H18O3/c1-8(2)5-4-6-9(11)7-10(12)13-3/h9,11H,1,4-7H2,2-3H3. The van der Waals surface area contributed by atoms with Crippen LogP contribution in [-0.2, 0) is 9.53 Å². The van der Waals surface area contributed by atoms with Crippen LogP contribution in [0.4, 0.5) is 0 Å². The van der Waals surface area contributed by atoms with Crippen LogP contribution in [0.2, 0.25) is 0 Å². The Kier molecular flexibility index (Phi) is 6.24. The van der Waals surface area contributed by atoms with E-state index in [1.165, 1.54) is 7.11 Å². The van der Waals surface area contributed by atoms with Gasteiger partial charge in [0.2, 0.25) is 0 Å². The lowest BCUT2D eigenvalue weighted by molar-refractivity contribution is -0.142. The van der Waals surface area contributed by atoms with Crippen LogP contribution in [0.15, 0.2) is 12.2 Å². The van der Waals surface area contributed by atoms with Gasteiger partial charge in [-0.05, 0) is 26.2 Å². The molecule has 1 unspecified atom stereocenters. The number of methoxy groups -OCH3 is 1. The highest BCUT2D eigenvalue weighted by molar-refractivity contribution is 5.69. The van der Waals surface area contributed by atoms with Gasteiger partial charge in [-0.3, -0.25) is 4.79 Å². The van der Waals surface area contributed by atoms with E-state index < -0.39 is 6.10 Å². The molecule has 0 amide bonds. The van der Waals surface area contributed by atoms with Crippen molar-refractivity contribution < 1.29 is 14.6 Å². The van der Waals surface area contributed by atoms with E-state index >= 15 is 0 Å². The predicted octanol–water partition coefficient (Wildman–Crippen LogP) is 1.66. The van der Waals surface area contributed by atoms with Gasteiger partial charge in [0.15, 0.2) is 0 Å². The second kappa shape index (κ2) is 6.66. The maximum absolute atomic E-state index is 10.7. The number of carbonyl (C=O) groups is 1. The van der Waals surface area contributed by atoms with Crippen molar-refractivity contribution in [3.8, 4) is 0 Å². The van der Waals surface area contributed by atoms with Gasteiger partial charge in [0.1, 0.15) is 0 Å². The van der Waals surface area contributed by atoms with Gasteiger partial charge in [-0.2, -0.15) is 0 Å². The lowest BCUT2D eigenvalue weighted by Crippen LogP contribution is -2.14. The Morgan fingerprint density at radius 2 is 2.23 bits per heavy atom. The summed E-state index contributed by atoms with van der Waals surface area (Å²) in [4.78, 5) is 10.7. The molecule has 3 heteroatoms. The molecule has 0 fully saturated rings. The van der Waals surface area contributed by atoms with Crippen molar-refractivity contribution in [3.63, 3.8) is 0 Å². The summed E-state index contributed by atoms with van der Waals surface area (Å²) in [6.07, 6.45) is 1.91. The second-order valence-corrected chi connectivity index (χ2v) is 3.28. The predicted molar refractivity (Wildman–Crippen MR) is 51.3 cm³/mol. The third kappa shape index (κ3) is 7.53. The molecule has 0 bridgehead atoms. The quantitative estimate of drug-likeness (QED) is 0.507. The fourth-order valence-corrected chi connectivity index (χ4v) is 1.02. The Balaban J connectivity index is 3.45. The molecule has 0 rings (SSSR count). The van der Waals surface area contributed by atoms with Gasteiger partial charge >= 0.3 is 5.97 Å². The molecule has 1 N–H and O–H groups in total. The minimum atomic E-state index is -0.577. The molecule has 0 aliphatic rings. The summed E-state index contributed by atoms with van der Waals surface area (Å²) in [5.74, 6) is -0.358. The zero-order chi connectivity index (χ0) is 10.3. The highest BCUT2D eigenvalue weighted by atomic mass is 16.5. The van der Waals surface area contributed by atoms with Crippen molar-refractivity contribution in [1.29, 1.82) is 0 Å². The molecule has 0 saturated carbocycles. The Labute approximate surface area is 79.4 Å². The van der Waals surface area contributed by atoms with Gasteiger partial charge in [0, 0.05) is 0 Å². The van der Waals surface area contributed by atoms with E-state index in [1.807, 2.05) is 6.92 Å². The molecule has 0 aromatic heterocycles. The maximum atomic E-state index is 10.7. The Morgan fingerprint density at radius 1 is 1.62 bits per heavy atom. The van der Waals surface area contributed by atoms with Crippen LogP contribution in [0.1, 0.15) is 32.6 Å². The summed E-state index contributed by atoms with van der Waals surface area (Å²) in [7, 11) is 1.32. The molecule has 3 nitrogen and oxygen atoms in total. The van der Waals surface area contributed by atoms with Crippen LogP contribution in [-0.4, -0.2) is 24.3 Å². The second-order valence-electron chi connectivity index (χ2n) is 3.28. The average Bonchev–Trinajstić information content (AvgIpc) is 2.03. The first-order valence-corrected chi connectivity index (χ1v) is 4.45. The van der Waals surface area contributed by atoms with Crippen molar-refractivity contribution in [3.05, 3.63) is 12.2 Å². The molecular weight excluding hydrogens is 168 g/mol. The van der Waals surface area contributed by atoms with Gasteiger partial charge in [-0.1, -0.05) is 5.57 Å². The van der Waals surface area contributed by atoms with Gasteiger partial charge in [0.05, 0.1) is 19.6 Å². The van der Waals surface area contributed by atoms with E-state index in [2.05, 4.69) is 11.3 Å². The van der Waals surface area contributed by atoms with Crippen LogP contribution in [0, 0.1) is 0 Å². The third-order valence-corrected chi connectivity index (χ3v) is 1.77. The van der Waals surface area contributed by atoms with Crippen LogP contribution in [0.25, 0.3) is 0 Å². The number of ether oxygens (including phenoxy) is 1. The summed E-state index contributed by atoms with van der Waals surface area (Å²) in [6.45, 7) is 5.71. The lowest BCUT2D eigenvalue weighted by Gasteiger charge is -2.08. The minimum absolute atomic E-state index is 0.0900. The van der Waals surface area contributed by atoms with Crippen molar-refractivity contribution in [1.82, 2.24) is 0 Å². The molecule has 0 aliphatic carbocycles. The SMILES string of the molecule is C=C(C)CCCC(O)CC(=O)OC. The molecule has 0 radical (unpaired) electrons. The molecule has 0 heterocycles. The number of hydrogen-bond acceptors (Lipinski definition) is 3. The Hall–Kier alpha value is -0.830. The number of carbonyl (C=O) groups excluding carboxylic acids is 1. The highest BCUT2D eigenvalue weighted by Crippen LogP contribution is 2.08. The smallest absolute Gasteiger partial charge is 0.308 e. The molecule has 0 saturated heterocycles. The van der Waals surface area contributed by atoms with Crippen molar-refractivity contribution in [2.24, 2.45) is 0 Å².